The van der Waals surface area contributed by atoms with Gasteiger partial charge in [0.1, 0.15) is 0 Å². The number of phenols is 2. The van der Waals surface area contributed by atoms with Crippen molar-refractivity contribution in [3.8, 4) is 23.0 Å². The molecule has 3 aromatic carbocycles. The molecule has 4 rings (SSSR count). The number of benzene rings is 3. The molecule has 1 amide bonds. The maximum atomic E-state index is 13.4. The second kappa shape index (κ2) is 8.98. The van der Waals surface area contributed by atoms with Crippen molar-refractivity contribution in [3.63, 3.8) is 0 Å². The van der Waals surface area contributed by atoms with Crippen LogP contribution in [0.1, 0.15) is 27.7 Å². The molecule has 0 spiro atoms. The van der Waals surface area contributed by atoms with Gasteiger partial charge in [0.25, 0.3) is 11.6 Å². The van der Waals surface area contributed by atoms with Gasteiger partial charge < -0.3 is 25.0 Å². The molecule has 11 heteroatoms. The van der Waals surface area contributed by atoms with E-state index < -0.39 is 17.0 Å². The lowest BCUT2D eigenvalue weighted by atomic mass is 10.0. The third-order valence-electron chi connectivity index (χ3n) is 5.24. The number of phenolic OH excluding ortho intramolecular Hbond substituents is 2. The predicted octanol–water partition coefficient (Wildman–Crippen LogP) is 3.62. The number of hydrogen-bond acceptors (Lipinski definition) is 9. The van der Waals surface area contributed by atoms with Crippen LogP contribution >= 0.6 is 0 Å². The summed E-state index contributed by atoms with van der Waals surface area (Å²) in [5.74, 6) is -0.202. The molecule has 0 aliphatic carbocycles. The molecule has 3 N–H and O–H groups in total. The molecule has 11 nitrogen and oxygen atoms in total. The highest BCUT2D eigenvalue weighted by molar-refractivity contribution is 6.02. The standard InChI is InChI=1S/C23H20N4O7/c1-33-20-9-13(3-7-18(20)28)12-24-26-22(14-4-8-19(29)21(10-14)34-2)25-17-11-15(27(31)32)5-6-16(17)23(26)30/h3-12,22,25,28-29H,1-2H3/b24-12-/t22-/m0/s1. The number of methoxy groups -OCH3 is 2. The molecule has 1 aliphatic heterocycles. The summed E-state index contributed by atoms with van der Waals surface area (Å²) in [7, 11) is 2.81. The first-order valence-corrected chi connectivity index (χ1v) is 9.98. The molecule has 1 atom stereocenters. The summed E-state index contributed by atoms with van der Waals surface area (Å²) in [6.45, 7) is 0. The SMILES string of the molecule is COc1cc(/C=N\N2C(=O)c3ccc([N+](=O)[O-])cc3N[C@@H]2c2ccc(O)c(OC)c2)ccc1O. The first-order chi connectivity index (χ1) is 16.3. The second-order valence-electron chi connectivity index (χ2n) is 7.29. The van der Waals surface area contributed by atoms with Crippen LogP contribution in [-0.2, 0) is 0 Å². The van der Waals surface area contributed by atoms with Crippen molar-refractivity contribution in [2.24, 2.45) is 5.10 Å². The van der Waals surface area contributed by atoms with Gasteiger partial charge in [0, 0.05) is 17.7 Å². The van der Waals surface area contributed by atoms with Crippen molar-refractivity contribution in [3.05, 3.63) is 81.4 Å². The van der Waals surface area contributed by atoms with Crippen molar-refractivity contribution in [2.75, 3.05) is 19.5 Å². The Morgan fingerprint density at radius 1 is 1.03 bits per heavy atom. The summed E-state index contributed by atoms with van der Waals surface area (Å²) in [4.78, 5) is 24.0. The number of nitrogens with one attached hydrogen (secondary N) is 1. The number of amides is 1. The average Bonchev–Trinajstić information content (AvgIpc) is 2.84. The lowest BCUT2D eigenvalue weighted by Gasteiger charge is -2.34. The van der Waals surface area contributed by atoms with E-state index in [9.17, 15) is 25.1 Å². The van der Waals surface area contributed by atoms with Crippen molar-refractivity contribution in [1.29, 1.82) is 0 Å². The minimum Gasteiger partial charge on any atom is -0.504 e. The van der Waals surface area contributed by atoms with Crippen LogP contribution < -0.4 is 14.8 Å². The highest BCUT2D eigenvalue weighted by Gasteiger charge is 2.34. The molecular weight excluding hydrogens is 444 g/mol. The maximum Gasteiger partial charge on any atom is 0.278 e. The molecule has 0 saturated heterocycles. The lowest BCUT2D eigenvalue weighted by molar-refractivity contribution is -0.384. The summed E-state index contributed by atoms with van der Waals surface area (Å²) in [5.41, 5.74) is 1.37. The third-order valence-corrected chi connectivity index (χ3v) is 5.24. The Balaban J connectivity index is 1.79. The van der Waals surface area contributed by atoms with Crippen molar-refractivity contribution < 1.29 is 29.4 Å². The smallest absolute Gasteiger partial charge is 0.278 e. The van der Waals surface area contributed by atoms with Crippen LogP contribution in [0.25, 0.3) is 0 Å². The minimum absolute atomic E-state index is 0.0417. The number of rotatable bonds is 6. The van der Waals surface area contributed by atoms with E-state index in [1.807, 2.05) is 0 Å². The van der Waals surface area contributed by atoms with E-state index >= 15 is 0 Å². The molecule has 174 valence electrons. The van der Waals surface area contributed by atoms with E-state index in [0.717, 1.165) is 0 Å². The number of non-ortho nitro benzene ring substituents is 1. The van der Waals surface area contributed by atoms with Crippen LogP contribution in [-0.4, -0.2) is 46.5 Å². The van der Waals surface area contributed by atoms with Crippen molar-refractivity contribution in [1.82, 2.24) is 5.01 Å². The van der Waals surface area contributed by atoms with Gasteiger partial charge in [0.15, 0.2) is 29.2 Å². The average molecular weight is 464 g/mol. The van der Waals surface area contributed by atoms with Crippen molar-refractivity contribution >= 4 is 23.5 Å². The van der Waals surface area contributed by atoms with Gasteiger partial charge in [0.2, 0.25) is 0 Å². The number of nitro benzene ring substituents is 1. The van der Waals surface area contributed by atoms with Crippen LogP contribution in [0.2, 0.25) is 0 Å². The maximum absolute atomic E-state index is 13.4. The molecule has 0 bridgehead atoms. The monoisotopic (exact) mass is 464 g/mol. The fourth-order valence-electron chi connectivity index (χ4n) is 3.51. The van der Waals surface area contributed by atoms with E-state index in [0.29, 0.717) is 11.1 Å². The first kappa shape index (κ1) is 22.4. The van der Waals surface area contributed by atoms with Gasteiger partial charge in [-0.2, -0.15) is 5.10 Å². The van der Waals surface area contributed by atoms with Gasteiger partial charge in [-0.1, -0.05) is 6.07 Å². The van der Waals surface area contributed by atoms with Gasteiger partial charge in [-0.25, -0.2) is 5.01 Å². The highest BCUT2D eigenvalue weighted by atomic mass is 16.6. The summed E-state index contributed by atoms with van der Waals surface area (Å²) in [6, 6.07) is 13.0. The van der Waals surface area contributed by atoms with Gasteiger partial charge in [-0.05, 0) is 42.0 Å². The molecule has 0 fully saturated rings. The van der Waals surface area contributed by atoms with Crippen LogP contribution in [0.15, 0.2) is 59.7 Å². The Kier molecular flexibility index (Phi) is 5.92. The quantitative estimate of drug-likeness (QED) is 0.285. The second-order valence-corrected chi connectivity index (χ2v) is 7.29. The Morgan fingerprint density at radius 3 is 2.38 bits per heavy atom. The Labute approximate surface area is 193 Å². The number of nitrogens with zero attached hydrogens (tertiary/aromatic N) is 3. The van der Waals surface area contributed by atoms with Crippen molar-refractivity contribution in [2.45, 2.75) is 6.17 Å². The summed E-state index contributed by atoms with van der Waals surface area (Å²) < 4.78 is 10.3. The number of carbonyl (C=O) groups excluding carboxylic acids is 1. The molecule has 0 aromatic heterocycles. The van der Waals surface area contributed by atoms with Crippen LogP contribution in [0.4, 0.5) is 11.4 Å². The van der Waals surface area contributed by atoms with E-state index in [2.05, 4.69) is 10.4 Å². The molecule has 0 radical (unpaired) electrons. The zero-order valence-electron chi connectivity index (χ0n) is 18.1. The number of nitro groups is 1. The largest absolute Gasteiger partial charge is 0.504 e. The van der Waals surface area contributed by atoms with Crippen LogP contribution in [0, 0.1) is 10.1 Å². The van der Waals surface area contributed by atoms with Crippen LogP contribution in [0.5, 0.6) is 23.0 Å². The summed E-state index contributed by atoms with van der Waals surface area (Å²) in [6.07, 6.45) is 0.550. The van der Waals surface area contributed by atoms with Crippen LogP contribution in [0.3, 0.4) is 0 Å². The zero-order chi connectivity index (χ0) is 24.4. The Hall–Kier alpha value is -4.80. The molecule has 0 saturated carbocycles. The normalized spacial score (nSPS) is 15.1. The predicted molar refractivity (Wildman–Crippen MR) is 123 cm³/mol. The fraction of sp³-hybridized carbons (Fsp3) is 0.130. The van der Waals surface area contributed by atoms with Gasteiger partial charge in [-0.15, -0.1) is 0 Å². The number of aromatic hydroxyl groups is 2. The van der Waals surface area contributed by atoms with E-state index in [1.165, 1.54) is 61.8 Å². The molecular formula is C23H20N4O7. The number of ether oxygens (including phenoxy) is 2. The Morgan fingerprint density at radius 2 is 1.71 bits per heavy atom. The van der Waals surface area contributed by atoms with Gasteiger partial charge >= 0.3 is 0 Å². The molecule has 1 heterocycles. The molecule has 3 aromatic rings. The first-order valence-electron chi connectivity index (χ1n) is 9.98. The third kappa shape index (κ3) is 4.13. The topological polar surface area (TPSA) is 147 Å². The van der Waals surface area contributed by atoms with Gasteiger partial charge in [-0.3, -0.25) is 14.9 Å². The van der Waals surface area contributed by atoms with E-state index in [1.54, 1.807) is 18.2 Å². The number of anilines is 1. The minimum atomic E-state index is -0.869. The number of hydrogen-bond donors (Lipinski definition) is 3. The van der Waals surface area contributed by atoms with Gasteiger partial charge in [0.05, 0.1) is 36.6 Å². The number of fused-ring (bicyclic) bond motifs is 1. The molecule has 0 unspecified atom stereocenters. The Bertz CT molecular complexity index is 1310. The van der Waals surface area contributed by atoms with E-state index in [4.69, 9.17) is 9.47 Å². The number of carbonyl (C=O) groups is 1. The van der Waals surface area contributed by atoms with E-state index in [-0.39, 0.29) is 39.9 Å². The highest BCUT2D eigenvalue weighted by Crippen LogP contribution is 2.38. The summed E-state index contributed by atoms with van der Waals surface area (Å²) >= 11 is 0. The number of hydrazone groups is 1. The molecule has 34 heavy (non-hydrogen) atoms. The molecule has 1 aliphatic rings. The summed E-state index contributed by atoms with van der Waals surface area (Å²) in [5, 5.41) is 39.6. The fourth-order valence-corrected chi connectivity index (χ4v) is 3.51. The zero-order valence-corrected chi connectivity index (χ0v) is 18.1. The lowest BCUT2D eigenvalue weighted by Crippen LogP contribution is -2.39.